The summed E-state index contributed by atoms with van der Waals surface area (Å²) in [6.07, 6.45) is 1.98. The summed E-state index contributed by atoms with van der Waals surface area (Å²) in [4.78, 5) is 12.3. The van der Waals surface area contributed by atoms with Gasteiger partial charge in [-0.3, -0.25) is 9.48 Å². The lowest BCUT2D eigenvalue weighted by atomic mass is 10.00. The molecule has 5 nitrogen and oxygen atoms in total. The molecule has 0 radical (unpaired) electrons. The first kappa shape index (κ1) is 13.1. The SMILES string of the molecule is Cc1nn(C)c(C)c1C(=O)NC1CCNC(C)C1. The number of piperidine rings is 1. The van der Waals surface area contributed by atoms with Crippen LogP contribution in [0, 0.1) is 13.8 Å². The molecule has 100 valence electrons. The topological polar surface area (TPSA) is 59.0 Å². The number of rotatable bonds is 2. The van der Waals surface area contributed by atoms with Crippen molar-refractivity contribution in [2.24, 2.45) is 7.05 Å². The molecule has 5 heteroatoms. The molecule has 0 spiro atoms. The zero-order valence-electron chi connectivity index (χ0n) is 11.6. The monoisotopic (exact) mass is 250 g/mol. The Morgan fingerprint density at radius 3 is 2.78 bits per heavy atom. The predicted octanol–water partition coefficient (Wildman–Crippen LogP) is 0.907. The maximum atomic E-state index is 12.3. The Kier molecular flexibility index (Phi) is 3.71. The van der Waals surface area contributed by atoms with Crippen LogP contribution in [-0.2, 0) is 7.05 Å². The number of aryl methyl sites for hydroxylation is 2. The highest BCUT2D eigenvalue weighted by atomic mass is 16.1. The van der Waals surface area contributed by atoms with Gasteiger partial charge in [0.05, 0.1) is 11.3 Å². The van der Waals surface area contributed by atoms with Crippen LogP contribution >= 0.6 is 0 Å². The van der Waals surface area contributed by atoms with Gasteiger partial charge in [0.15, 0.2) is 0 Å². The Balaban J connectivity index is 2.07. The summed E-state index contributed by atoms with van der Waals surface area (Å²) in [5.74, 6) is 0.0113. The van der Waals surface area contributed by atoms with Crippen LogP contribution in [0.1, 0.15) is 41.5 Å². The molecular formula is C13H22N4O. The number of amides is 1. The molecule has 1 saturated heterocycles. The van der Waals surface area contributed by atoms with Gasteiger partial charge in [0.25, 0.3) is 5.91 Å². The highest BCUT2D eigenvalue weighted by Crippen LogP contribution is 2.14. The average molecular weight is 250 g/mol. The predicted molar refractivity (Wildman–Crippen MR) is 70.6 cm³/mol. The van der Waals surface area contributed by atoms with Crippen molar-refractivity contribution in [3.05, 3.63) is 17.0 Å². The second kappa shape index (κ2) is 5.10. The van der Waals surface area contributed by atoms with Crippen molar-refractivity contribution in [3.63, 3.8) is 0 Å². The van der Waals surface area contributed by atoms with Gasteiger partial charge in [0, 0.05) is 24.8 Å². The number of hydrogen-bond acceptors (Lipinski definition) is 3. The fraction of sp³-hybridized carbons (Fsp3) is 0.692. The molecule has 2 heterocycles. The number of hydrogen-bond donors (Lipinski definition) is 2. The number of nitrogens with zero attached hydrogens (tertiary/aromatic N) is 2. The average Bonchev–Trinajstić information content (AvgIpc) is 2.53. The van der Waals surface area contributed by atoms with Crippen LogP contribution < -0.4 is 10.6 Å². The number of nitrogens with one attached hydrogen (secondary N) is 2. The minimum Gasteiger partial charge on any atom is -0.349 e. The first-order chi connectivity index (χ1) is 8.49. The van der Waals surface area contributed by atoms with Crippen LogP contribution in [0.2, 0.25) is 0 Å². The van der Waals surface area contributed by atoms with Crippen LogP contribution in [0.25, 0.3) is 0 Å². The van der Waals surface area contributed by atoms with Gasteiger partial charge in [-0.25, -0.2) is 0 Å². The maximum absolute atomic E-state index is 12.3. The van der Waals surface area contributed by atoms with Gasteiger partial charge in [0.1, 0.15) is 0 Å². The van der Waals surface area contributed by atoms with Crippen molar-refractivity contribution in [2.45, 2.75) is 45.7 Å². The summed E-state index contributed by atoms with van der Waals surface area (Å²) >= 11 is 0. The third kappa shape index (κ3) is 2.56. The Hall–Kier alpha value is -1.36. The van der Waals surface area contributed by atoms with E-state index in [4.69, 9.17) is 0 Å². The molecule has 0 aliphatic carbocycles. The molecule has 2 rings (SSSR count). The first-order valence-electron chi connectivity index (χ1n) is 6.53. The molecule has 0 saturated carbocycles. The summed E-state index contributed by atoms with van der Waals surface area (Å²) in [5.41, 5.74) is 2.45. The van der Waals surface area contributed by atoms with E-state index < -0.39 is 0 Å². The van der Waals surface area contributed by atoms with E-state index in [9.17, 15) is 4.79 Å². The third-order valence-corrected chi connectivity index (χ3v) is 3.69. The lowest BCUT2D eigenvalue weighted by Gasteiger charge is -2.28. The van der Waals surface area contributed by atoms with Crippen molar-refractivity contribution < 1.29 is 4.79 Å². The summed E-state index contributed by atoms with van der Waals surface area (Å²) in [7, 11) is 1.87. The van der Waals surface area contributed by atoms with E-state index in [-0.39, 0.29) is 11.9 Å². The molecule has 18 heavy (non-hydrogen) atoms. The molecular weight excluding hydrogens is 228 g/mol. The molecule has 1 fully saturated rings. The normalized spacial score (nSPS) is 24.0. The van der Waals surface area contributed by atoms with E-state index in [1.807, 2.05) is 20.9 Å². The summed E-state index contributed by atoms with van der Waals surface area (Å²) < 4.78 is 1.76. The van der Waals surface area contributed by atoms with Crippen LogP contribution in [0.3, 0.4) is 0 Å². The second-order valence-corrected chi connectivity index (χ2v) is 5.22. The summed E-state index contributed by atoms with van der Waals surface area (Å²) in [6, 6.07) is 0.743. The molecule has 2 N–H and O–H groups in total. The highest BCUT2D eigenvalue weighted by Gasteiger charge is 2.23. The quantitative estimate of drug-likeness (QED) is 0.820. The zero-order chi connectivity index (χ0) is 13.3. The molecule has 0 bridgehead atoms. The fourth-order valence-corrected chi connectivity index (χ4v) is 2.62. The van der Waals surface area contributed by atoms with Crippen LogP contribution in [0.15, 0.2) is 0 Å². The van der Waals surface area contributed by atoms with Crippen molar-refractivity contribution in [1.29, 1.82) is 0 Å². The smallest absolute Gasteiger partial charge is 0.255 e. The molecule has 0 aromatic carbocycles. The highest BCUT2D eigenvalue weighted by molar-refractivity contribution is 5.96. The molecule has 1 aromatic heterocycles. The minimum absolute atomic E-state index is 0.0113. The standard InChI is InChI=1S/C13H22N4O/c1-8-7-11(5-6-14-8)15-13(18)12-9(2)16-17(4)10(12)3/h8,11,14H,5-7H2,1-4H3,(H,15,18). The lowest BCUT2D eigenvalue weighted by molar-refractivity contribution is 0.0924. The van der Waals surface area contributed by atoms with E-state index >= 15 is 0 Å². The maximum Gasteiger partial charge on any atom is 0.255 e. The van der Waals surface area contributed by atoms with E-state index in [1.54, 1.807) is 4.68 Å². The fourth-order valence-electron chi connectivity index (χ4n) is 2.62. The zero-order valence-corrected chi connectivity index (χ0v) is 11.6. The van der Waals surface area contributed by atoms with Crippen molar-refractivity contribution in [2.75, 3.05) is 6.54 Å². The van der Waals surface area contributed by atoms with Crippen molar-refractivity contribution in [1.82, 2.24) is 20.4 Å². The molecule has 2 unspecified atom stereocenters. The largest absolute Gasteiger partial charge is 0.349 e. The number of carbonyl (C=O) groups excluding carboxylic acids is 1. The van der Waals surface area contributed by atoms with Gasteiger partial charge < -0.3 is 10.6 Å². The Morgan fingerprint density at radius 2 is 2.22 bits per heavy atom. The Labute approximate surface area is 108 Å². The second-order valence-electron chi connectivity index (χ2n) is 5.22. The first-order valence-corrected chi connectivity index (χ1v) is 6.53. The minimum atomic E-state index is 0.0113. The van der Waals surface area contributed by atoms with Gasteiger partial charge in [-0.15, -0.1) is 0 Å². The molecule has 1 aromatic rings. The summed E-state index contributed by atoms with van der Waals surface area (Å²) in [6.45, 7) is 6.93. The third-order valence-electron chi connectivity index (χ3n) is 3.69. The van der Waals surface area contributed by atoms with Crippen LogP contribution in [0.5, 0.6) is 0 Å². The van der Waals surface area contributed by atoms with Crippen molar-refractivity contribution in [3.8, 4) is 0 Å². The van der Waals surface area contributed by atoms with Crippen molar-refractivity contribution >= 4 is 5.91 Å². The summed E-state index contributed by atoms with van der Waals surface area (Å²) in [5, 5.41) is 10.8. The van der Waals surface area contributed by atoms with Gasteiger partial charge in [-0.2, -0.15) is 5.10 Å². The number of carbonyl (C=O) groups is 1. The van der Waals surface area contributed by atoms with Crippen LogP contribution in [0.4, 0.5) is 0 Å². The molecule has 2 atom stereocenters. The molecule has 1 aliphatic rings. The van der Waals surface area contributed by atoms with E-state index in [0.29, 0.717) is 6.04 Å². The lowest BCUT2D eigenvalue weighted by Crippen LogP contribution is -2.46. The van der Waals surface area contributed by atoms with Crippen LogP contribution in [-0.4, -0.2) is 34.3 Å². The van der Waals surface area contributed by atoms with Gasteiger partial charge in [0.2, 0.25) is 0 Å². The van der Waals surface area contributed by atoms with E-state index in [0.717, 1.165) is 36.3 Å². The Morgan fingerprint density at radius 1 is 1.50 bits per heavy atom. The van der Waals surface area contributed by atoms with Gasteiger partial charge >= 0.3 is 0 Å². The Bertz CT molecular complexity index is 452. The van der Waals surface area contributed by atoms with Gasteiger partial charge in [-0.1, -0.05) is 0 Å². The number of aromatic nitrogens is 2. The molecule has 1 aliphatic heterocycles. The van der Waals surface area contributed by atoms with E-state index in [2.05, 4.69) is 22.7 Å². The van der Waals surface area contributed by atoms with E-state index in [1.165, 1.54) is 0 Å². The van der Waals surface area contributed by atoms with Gasteiger partial charge in [-0.05, 0) is 40.2 Å². The molecule has 1 amide bonds.